The molecule has 118 valence electrons. The lowest BCUT2D eigenvalue weighted by molar-refractivity contribution is -0.00461. The molecule has 1 heterocycles. The number of sulfonamides is 1. The largest absolute Gasteiger partial charge is 0.495 e. The molecule has 1 aliphatic rings. The number of hydrogen-bond donors (Lipinski definition) is 1. The maximum atomic E-state index is 12.7. The van der Waals surface area contributed by atoms with Gasteiger partial charge in [-0.1, -0.05) is 0 Å². The van der Waals surface area contributed by atoms with Crippen LogP contribution in [0.15, 0.2) is 23.1 Å². The molecule has 0 amide bonds. The monoisotopic (exact) mass is 316 g/mol. The van der Waals surface area contributed by atoms with Crippen LogP contribution in [0.1, 0.15) is 0 Å². The molecule has 1 fully saturated rings. The van der Waals surface area contributed by atoms with Crippen LogP contribution in [0.3, 0.4) is 0 Å². The quantitative estimate of drug-likeness (QED) is 0.786. The van der Waals surface area contributed by atoms with Gasteiger partial charge in [-0.15, -0.1) is 0 Å². The van der Waals surface area contributed by atoms with E-state index in [9.17, 15) is 8.42 Å². The number of nitrogen functional groups attached to an aromatic ring is 1. The fraction of sp³-hybridized carbons (Fsp3) is 0.538. The first-order valence-electron chi connectivity index (χ1n) is 6.43. The molecule has 0 radical (unpaired) electrons. The molecule has 1 saturated heterocycles. The molecule has 21 heavy (non-hydrogen) atoms. The van der Waals surface area contributed by atoms with Gasteiger partial charge < -0.3 is 19.9 Å². The summed E-state index contributed by atoms with van der Waals surface area (Å²) in [6.07, 6.45) is -0.575. The van der Waals surface area contributed by atoms with Crippen LogP contribution in [0.25, 0.3) is 0 Å². The summed E-state index contributed by atoms with van der Waals surface area (Å²) < 4.78 is 42.5. The Hall–Kier alpha value is -1.35. The summed E-state index contributed by atoms with van der Waals surface area (Å²) in [5, 5.41) is 0. The van der Waals surface area contributed by atoms with Crippen LogP contribution in [0.4, 0.5) is 5.69 Å². The highest BCUT2D eigenvalue weighted by molar-refractivity contribution is 7.89. The first-order chi connectivity index (χ1) is 9.93. The summed E-state index contributed by atoms with van der Waals surface area (Å²) in [4.78, 5) is 0.0887. The van der Waals surface area contributed by atoms with Crippen LogP contribution in [0, 0.1) is 0 Å². The van der Waals surface area contributed by atoms with Crippen molar-refractivity contribution in [1.82, 2.24) is 4.31 Å². The molecule has 1 aromatic carbocycles. The Balaban J connectivity index is 2.35. The Morgan fingerprint density at radius 3 is 2.19 bits per heavy atom. The second-order valence-electron chi connectivity index (χ2n) is 4.78. The number of nitrogens with zero attached hydrogens (tertiary/aromatic N) is 1. The number of benzene rings is 1. The normalized spacial score (nSPS) is 23.4. The van der Waals surface area contributed by atoms with Crippen molar-refractivity contribution in [3.8, 4) is 5.75 Å². The molecular weight excluding hydrogens is 296 g/mol. The molecule has 0 aliphatic carbocycles. The Labute approximate surface area is 124 Å². The van der Waals surface area contributed by atoms with E-state index in [-0.39, 0.29) is 35.9 Å². The average Bonchev–Trinajstić information content (AvgIpc) is 2.90. The molecule has 0 aromatic heterocycles. The third-order valence-electron chi connectivity index (χ3n) is 3.59. The van der Waals surface area contributed by atoms with Crippen LogP contribution in [0.5, 0.6) is 5.75 Å². The van der Waals surface area contributed by atoms with E-state index in [0.29, 0.717) is 5.69 Å². The van der Waals surface area contributed by atoms with Crippen LogP contribution in [-0.4, -0.2) is 59.3 Å². The fourth-order valence-electron chi connectivity index (χ4n) is 2.40. The first kappa shape index (κ1) is 16.0. The third kappa shape index (κ3) is 2.98. The third-order valence-corrected chi connectivity index (χ3v) is 5.46. The molecule has 8 heteroatoms. The molecule has 2 unspecified atom stereocenters. The molecule has 0 bridgehead atoms. The first-order valence-corrected chi connectivity index (χ1v) is 7.87. The summed E-state index contributed by atoms with van der Waals surface area (Å²) in [7, 11) is 0.796. The summed E-state index contributed by atoms with van der Waals surface area (Å²) in [5.41, 5.74) is 6.10. The van der Waals surface area contributed by atoms with Gasteiger partial charge in [0.2, 0.25) is 10.0 Å². The predicted octanol–water partition coefficient (Wildman–Crippen LogP) is 0.312. The molecule has 2 atom stereocenters. The molecular formula is C13H20N2O5S. The van der Waals surface area contributed by atoms with E-state index in [1.807, 2.05) is 0 Å². The lowest BCUT2D eigenvalue weighted by Crippen LogP contribution is -2.30. The second kappa shape index (κ2) is 6.18. The number of nitrogens with two attached hydrogens (primary N) is 1. The highest BCUT2D eigenvalue weighted by Crippen LogP contribution is 2.31. The Morgan fingerprint density at radius 1 is 1.14 bits per heavy atom. The van der Waals surface area contributed by atoms with Gasteiger partial charge in [0.1, 0.15) is 10.6 Å². The van der Waals surface area contributed by atoms with Gasteiger partial charge >= 0.3 is 0 Å². The fourth-order valence-corrected chi connectivity index (χ4v) is 4.00. The van der Waals surface area contributed by atoms with Crippen molar-refractivity contribution in [1.29, 1.82) is 0 Å². The maximum absolute atomic E-state index is 12.7. The number of rotatable bonds is 5. The Bertz CT molecular complexity index is 593. The van der Waals surface area contributed by atoms with Gasteiger partial charge in [-0.2, -0.15) is 4.31 Å². The van der Waals surface area contributed by atoms with Gasteiger partial charge in [0.05, 0.1) is 19.3 Å². The Kier molecular flexibility index (Phi) is 4.72. The van der Waals surface area contributed by atoms with E-state index in [0.717, 1.165) is 0 Å². The second-order valence-corrected chi connectivity index (χ2v) is 6.69. The summed E-state index contributed by atoms with van der Waals surface area (Å²) in [6, 6.07) is 4.48. The van der Waals surface area contributed by atoms with Crippen LogP contribution >= 0.6 is 0 Å². The minimum Gasteiger partial charge on any atom is -0.495 e. The molecule has 0 spiro atoms. The minimum absolute atomic E-state index is 0.0887. The van der Waals surface area contributed by atoms with E-state index in [2.05, 4.69) is 0 Å². The molecule has 1 aliphatic heterocycles. The highest BCUT2D eigenvalue weighted by Gasteiger charge is 2.40. The van der Waals surface area contributed by atoms with Crippen molar-refractivity contribution in [3.63, 3.8) is 0 Å². The van der Waals surface area contributed by atoms with E-state index >= 15 is 0 Å². The van der Waals surface area contributed by atoms with Gasteiger partial charge in [-0.25, -0.2) is 8.42 Å². The molecule has 1 aromatic rings. The van der Waals surface area contributed by atoms with E-state index in [4.69, 9.17) is 19.9 Å². The molecule has 2 rings (SSSR count). The number of methoxy groups -OCH3 is 3. The van der Waals surface area contributed by atoms with Crippen LogP contribution < -0.4 is 10.5 Å². The SMILES string of the molecule is COc1cc(N)ccc1S(=O)(=O)N1CC(OC)C(OC)C1. The van der Waals surface area contributed by atoms with Crippen molar-refractivity contribution in [2.75, 3.05) is 40.2 Å². The number of hydrogen-bond acceptors (Lipinski definition) is 6. The van der Waals surface area contributed by atoms with Gasteiger partial charge in [-0.05, 0) is 12.1 Å². The van der Waals surface area contributed by atoms with E-state index < -0.39 is 10.0 Å². The van der Waals surface area contributed by atoms with Gasteiger partial charge in [0.25, 0.3) is 0 Å². The zero-order chi connectivity index (χ0) is 15.6. The standard InChI is InChI=1S/C13H20N2O5S/c1-18-10-6-9(14)4-5-13(10)21(16,17)15-7-11(19-2)12(8-15)20-3/h4-6,11-12H,7-8,14H2,1-3H3. The topological polar surface area (TPSA) is 91.1 Å². The van der Waals surface area contributed by atoms with Crippen LogP contribution in [-0.2, 0) is 19.5 Å². The Morgan fingerprint density at radius 2 is 1.71 bits per heavy atom. The molecule has 7 nitrogen and oxygen atoms in total. The van der Waals surface area contributed by atoms with Crippen molar-refractivity contribution in [2.24, 2.45) is 0 Å². The van der Waals surface area contributed by atoms with Crippen LogP contribution in [0.2, 0.25) is 0 Å². The highest BCUT2D eigenvalue weighted by atomic mass is 32.2. The van der Waals surface area contributed by atoms with Gasteiger partial charge in [0.15, 0.2) is 0 Å². The average molecular weight is 316 g/mol. The van der Waals surface area contributed by atoms with Gasteiger partial charge in [0, 0.05) is 39.1 Å². The molecule has 2 N–H and O–H groups in total. The van der Waals surface area contributed by atoms with E-state index in [1.165, 1.54) is 43.8 Å². The predicted molar refractivity (Wildman–Crippen MR) is 77.8 cm³/mol. The van der Waals surface area contributed by atoms with Crippen molar-refractivity contribution >= 4 is 15.7 Å². The zero-order valence-corrected chi connectivity index (χ0v) is 13.1. The van der Waals surface area contributed by atoms with Crippen molar-refractivity contribution in [3.05, 3.63) is 18.2 Å². The minimum atomic E-state index is -3.69. The lowest BCUT2D eigenvalue weighted by atomic mass is 10.3. The number of anilines is 1. The van der Waals surface area contributed by atoms with Crippen molar-refractivity contribution in [2.45, 2.75) is 17.1 Å². The molecule has 0 saturated carbocycles. The zero-order valence-electron chi connectivity index (χ0n) is 12.3. The van der Waals surface area contributed by atoms with Crippen molar-refractivity contribution < 1.29 is 22.6 Å². The lowest BCUT2D eigenvalue weighted by Gasteiger charge is -2.18. The van der Waals surface area contributed by atoms with Gasteiger partial charge in [-0.3, -0.25) is 0 Å². The smallest absolute Gasteiger partial charge is 0.246 e. The number of ether oxygens (including phenoxy) is 3. The van der Waals surface area contributed by atoms with E-state index in [1.54, 1.807) is 0 Å². The summed E-state index contributed by atoms with van der Waals surface area (Å²) >= 11 is 0. The summed E-state index contributed by atoms with van der Waals surface area (Å²) in [5.74, 6) is 0.227. The maximum Gasteiger partial charge on any atom is 0.246 e. The summed E-state index contributed by atoms with van der Waals surface area (Å²) in [6.45, 7) is 0.482.